The first-order valence-electron chi connectivity index (χ1n) is 4.83. The number of benzene rings is 1. The fourth-order valence-electron chi connectivity index (χ4n) is 1.61. The van der Waals surface area contributed by atoms with E-state index in [9.17, 15) is 0 Å². The van der Waals surface area contributed by atoms with Crippen LogP contribution in [0, 0.1) is 0 Å². The zero-order chi connectivity index (χ0) is 11.0. The average Bonchev–Trinajstić information content (AvgIpc) is 2.75. The molecule has 0 radical (unpaired) electrons. The lowest BCUT2D eigenvalue weighted by atomic mass is 10.1. The molecule has 0 spiro atoms. The standard InChI is InChI=1S/C11H8BrNO2S/c12-11-10(13-6-16-11)7-1-2-8-9(5-7)15-4-3-14-8/h1-2,5-6H,3-4H2. The number of thiazole rings is 1. The maximum Gasteiger partial charge on any atom is 0.162 e. The second-order valence-electron chi connectivity index (χ2n) is 3.33. The Morgan fingerprint density at radius 2 is 2.00 bits per heavy atom. The second kappa shape index (κ2) is 4.07. The van der Waals surface area contributed by atoms with Gasteiger partial charge in [0, 0.05) is 5.56 Å². The van der Waals surface area contributed by atoms with Gasteiger partial charge in [0.05, 0.1) is 15.0 Å². The number of hydrogen-bond acceptors (Lipinski definition) is 4. The van der Waals surface area contributed by atoms with Gasteiger partial charge in [0.2, 0.25) is 0 Å². The summed E-state index contributed by atoms with van der Waals surface area (Å²) in [5.41, 5.74) is 3.80. The van der Waals surface area contributed by atoms with Crippen molar-refractivity contribution in [3.63, 3.8) is 0 Å². The van der Waals surface area contributed by atoms with E-state index in [4.69, 9.17) is 9.47 Å². The van der Waals surface area contributed by atoms with Crippen molar-refractivity contribution in [1.29, 1.82) is 0 Å². The summed E-state index contributed by atoms with van der Waals surface area (Å²) in [5, 5.41) is 0. The van der Waals surface area contributed by atoms with E-state index in [1.54, 1.807) is 11.3 Å². The van der Waals surface area contributed by atoms with Crippen LogP contribution in [0.5, 0.6) is 11.5 Å². The Bertz CT molecular complexity index is 526. The molecule has 1 aromatic heterocycles. The number of halogens is 1. The van der Waals surface area contributed by atoms with E-state index >= 15 is 0 Å². The molecule has 0 aliphatic carbocycles. The van der Waals surface area contributed by atoms with Gasteiger partial charge in [-0.1, -0.05) is 0 Å². The van der Waals surface area contributed by atoms with Crippen LogP contribution in [0.2, 0.25) is 0 Å². The molecule has 1 aromatic carbocycles. The summed E-state index contributed by atoms with van der Waals surface area (Å²) in [5.74, 6) is 1.60. The second-order valence-corrected chi connectivity index (χ2v) is 5.51. The van der Waals surface area contributed by atoms with Crippen LogP contribution in [0.25, 0.3) is 11.3 Å². The lowest BCUT2D eigenvalue weighted by Crippen LogP contribution is -2.15. The first kappa shape index (κ1) is 10.1. The van der Waals surface area contributed by atoms with Crippen molar-refractivity contribution in [2.45, 2.75) is 0 Å². The van der Waals surface area contributed by atoms with E-state index in [2.05, 4.69) is 20.9 Å². The molecule has 0 N–H and O–H groups in total. The van der Waals surface area contributed by atoms with Crippen LogP contribution in [0.3, 0.4) is 0 Å². The van der Waals surface area contributed by atoms with Crippen LogP contribution in [0.1, 0.15) is 0 Å². The Kier molecular flexibility index (Phi) is 2.57. The van der Waals surface area contributed by atoms with Gasteiger partial charge in [0.15, 0.2) is 11.5 Å². The van der Waals surface area contributed by atoms with Gasteiger partial charge in [-0.3, -0.25) is 0 Å². The van der Waals surface area contributed by atoms with E-state index in [-0.39, 0.29) is 0 Å². The summed E-state index contributed by atoms with van der Waals surface area (Å²) in [6.45, 7) is 1.22. The number of aromatic nitrogens is 1. The fraction of sp³-hybridized carbons (Fsp3) is 0.182. The van der Waals surface area contributed by atoms with Crippen molar-refractivity contribution in [3.05, 3.63) is 27.5 Å². The maximum atomic E-state index is 5.54. The number of hydrogen-bond donors (Lipinski definition) is 0. The summed E-state index contributed by atoms with van der Waals surface area (Å²) < 4.78 is 12.0. The fourth-order valence-corrected chi connectivity index (χ4v) is 2.73. The highest BCUT2D eigenvalue weighted by Gasteiger charge is 2.14. The Morgan fingerprint density at radius 3 is 2.75 bits per heavy atom. The highest BCUT2D eigenvalue weighted by Crippen LogP contribution is 2.37. The summed E-state index contributed by atoms with van der Waals surface area (Å²) in [4.78, 5) is 4.31. The Balaban J connectivity index is 2.06. The topological polar surface area (TPSA) is 31.4 Å². The zero-order valence-corrected chi connectivity index (χ0v) is 10.7. The lowest BCUT2D eigenvalue weighted by molar-refractivity contribution is 0.171. The molecule has 2 aromatic rings. The van der Waals surface area contributed by atoms with E-state index in [0.717, 1.165) is 26.5 Å². The van der Waals surface area contributed by atoms with Crippen LogP contribution in [0.15, 0.2) is 27.5 Å². The Labute approximate surface area is 105 Å². The number of fused-ring (bicyclic) bond motifs is 1. The largest absolute Gasteiger partial charge is 0.486 e. The predicted octanol–water partition coefficient (Wildman–Crippen LogP) is 3.34. The number of nitrogens with zero attached hydrogens (tertiary/aromatic N) is 1. The van der Waals surface area contributed by atoms with Gasteiger partial charge >= 0.3 is 0 Å². The monoisotopic (exact) mass is 297 g/mol. The van der Waals surface area contributed by atoms with Gasteiger partial charge in [-0.2, -0.15) is 0 Å². The minimum atomic E-state index is 0.606. The molecule has 0 unspecified atom stereocenters. The molecule has 0 bridgehead atoms. The third kappa shape index (κ3) is 1.70. The summed E-state index contributed by atoms with van der Waals surface area (Å²) >= 11 is 5.05. The zero-order valence-electron chi connectivity index (χ0n) is 8.27. The van der Waals surface area contributed by atoms with Gasteiger partial charge in [0.1, 0.15) is 13.2 Å². The van der Waals surface area contributed by atoms with Crippen molar-refractivity contribution in [2.75, 3.05) is 13.2 Å². The molecular formula is C11H8BrNO2S. The maximum absolute atomic E-state index is 5.54. The molecule has 82 valence electrons. The highest BCUT2D eigenvalue weighted by atomic mass is 79.9. The quantitative estimate of drug-likeness (QED) is 0.809. The Morgan fingerprint density at radius 1 is 1.19 bits per heavy atom. The highest BCUT2D eigenvalue weighted by molar-refractivity contribution is 9.11. The Hall–Kier alpha value is -1.07. The smallest absolute Gasteiger partial charge is 0.162 e. The molecule has 0 atom stereocenters. The van der Waals surface area contributed by atoms with Crippen molar-refractivity contribution in [3.8, 4) is 22.8 Å². The predicted molar refractivity (Wildman–Crippen MR) is 66.2 cm³/mol. The van der Waals surface area contributed by atoms with Gasteiger partial charge in [-0.05, 0) is 34.1 Å². The molecule has 16 heavy (non-hydrogen) atoms. The molecule has 3 nitrogen and oxygen atoms in total. The minimum Gasteiger partial charge on any atom is -0.486 e. The van der Waals surface area contributed by atoms with Crippen LogP contribution in [0.4, 0.5) is 0 Å². The molecule has 0 amide bonds. The molecule has 1 aliphatic heterocycles. The van der Waals surface area contributed by atoms with Crippen molar-refractivity contribution >= 4 is 27.3 Å². The van der Waals surface area contributed by atoms with E-state index < -0.39 is 0 Å². The summed E-state index contributed by atoms with van der Waals surface area (Å²) in [6.07, 6.45) is 0. The molecule has 1 aliphatic rings. The third-order valence-electron chi connectivity index (χ3n) is 2.34. The SMILES string of the molecule is Brc1scnc1-c1ccc2c(c1)OCCO2. The van der Waals surface area contributed by atoms with Gasteiger partial charge in [-0.25, -0.2) is 4.98 Å². The van der Waals surface area contributed by atoms with Crippen LogP contribution in [-0.2, 0) is 0 Å². The minimum absolute atomic E-state index is 0.606. The molecule has 0 fully saturated rings. The molecule has 0 saturated heterocycles. The van der Waals surface area contributed by atoms with Crippen molar-refractivity contribution in [2.24, 2.45) is 0 Å². The third-order valence-corrected chi connectivity index (χ3v) is 3.89. The van der Waals surface area contributed by atoms with Crippen LogP contribution >= 0.6 is 27.3 Å². The molecular weight excluding hydrogens is 290 g/mol. The molecule has 3 rings (SSSR count). The van der Waals surface area contributed by atoms with Gasteiger partial charge < -0.3 is 9.47 Å². The van der Waals surface area contributed by atoms with E-state index in [0.29, 0.717) is 13.2 Å². The number of ether oxygens (including phenoxy) is 2. The normalized spacial score (nSPS) is 13.8. The van der Waals surface area contributed by atoms with Crippen LogP contribution in [-0.4, -0.2) is 18.2 Å². The number of rotatable bonds is 1. The summed E-state index contributed by atoms with van der Waals surface area (Å²) in [6, 6.07) is 5.89. The van der Waals surface area contributed by atoms with Crippen molar-refractivity contribution < 1.29 is 9.47 Å². The van der Waals surface area contributed by atoms with E-state index in [1.165, 1.54) is 0 Å². The van der Waals surface area contributed by atoms with Crippen LogP contribution < -0.4 is 9.47 Å². The summed E-state index contributed by atoms with van der Waals surface area (Å²) in [7, 11) is 0. The first-order chi connectivity index (χ1) is 7.84. The molecule has 5 heteroatoms. The van der Waals surface area contributed by atoms with Gasteiger partial charge in [-0.15, -0.1) is 11.3 Å². The molecule has 0 saturated carbocycles. The first-order valence-corrected chi connectivity index (χ1v) is 6.51. The van der Waals surface area contributed by atoms with Gasteiger partial charge in [0.25, 0.3) is 0 Å². The molecule has 2 heterocycles. The lowest BCUT2D eigenvalue weighted by Gasteiger charge is -2.18. The van der Waals surface area contributed by atoms with Crippen molar-refractivity contribution in [1.82, 2.24) is 4.98 Å². The van der Waals surface area contributed by atoms with E-state index in [1.807, 2.05) is 23.7 Å². The average molecular weight is 298 g/mol.